The van der Waals surface area contributed by atoms with Crippen LogP contribution < -0.4 is 4.57 Å². The standard InChI is InChI=1S/C16H15N2O2/c1-12-5-4-8-17(11-12)9-10-18-15(19)13-6-2-3-7-14(13)16(18)20/h2-8,11H,9-10H2,1H3/q+1. The molecular formula is C16H15N2O2+. The van der Waals surface area contributed by atoms with Crippen LogP contribution in [-0.2, 0) is 6.54 Å². The van der Waals surface area contributed by atoms with E-state index in [4.69, 9.17) is 0 Å². The number of hydrogen-bond acceptors (Lipinski definition) is 2. The maximum Gasteiger partial charge on any atom is 0.261 e. The van der Waals surface area contributed by atoms with Gasteiger partial charge in [-0.2, -0.15) is 0 Å². The van der Waals surface area contributed by atoms with Crippen molar-refractivity contribution in [1.29, 1.82) is 0 Å². The van der Waals surface area contributed by atoms with Crippen molar-refractivity contribution in [2.45, 2.75) is 13.5 Å². The Bertz CT molecular complexity index is 659. The molecule has 0 bridgehead atoms. The second-order valence-corrected chi connectivity index (χ2v) is 4.93. The molecule has 1 aromatic carbocycles. The van der Waals surface area contributed by atoms with Crippen molar-refractivity contribution in [1.82, 2.24) is 4.90 Å². The molecule has 3 rings (SSSR count). The van der Waals surface area contributed by atoms with Gasteiger partial charge in [-0.1, -0.05) is 12.1 Å². The number of fused-ring (bicyclic) bond motifs is 1. The lowest BCUT2D eigenvalue weighted by Gasteiger charge is -2.11. The lowest BCUT2D eigenvalue weighted by molar-refractivity contribution is -0.696. The van der Waals surface area contributed by atoms with Crippen molar-refractivity contribution in [2.75, 3.05) is 6.54 Å². The molecule has 2 aromatic rings. The number of nitrogens with zero attached hydrogens (tertiary/aromatic N) is 2. The summed E-state index contributed by atoms with van der Waals surface area (Å²) in [5.41, 5.74) is 2.16. The van der Waals surface area contributed by atoms with E-state index in [1.165, 1.54) is 4.90 Å². The van der Waals surface area contributed by atoms with Gasteiger partial charge in [-0.15, -0.1) is 0 Å². The van der Waals surface area contributed by atoms with E-state index in [1.54, 1.807) is 24.3 Å². The number of pyridine rings is 1. The molecule has 0 spiro atoms. The van der Waals surface area contributed by atoms with Crippen LogP contribution in [-0.4, -0.2) is 23.3 Å². The van der Waals surface area contributed by atoms with Crippen molar-refractivity contribution in [3.63, 3.8) is 0 Å². The fourth-order valence-electron chi connectivity index (χ4n) is 2.45. The highest BCUT2D eigenvalue weighted by Gasteiger charge is 2.35. The Morgan fingerprint density at radius 2 is 1.65 bits per heavy atom. The van der Waals surface area contributed by atoms with Crippen molar-refractivity contribution in [3.8, 4) is 0 Å². The van der Waals surface area contributed by atoms with E-state index < -0.39 is 0 Å². The number of rotatable bonds is 3. The second-order valence-electron chi connectivity index (χ2n) is 4.93. The molecule has 0 aliphatic carbocycles. The van der Waals surface area contributed by atoms with Gasteiger partial charge >= 0.3 is 0 Å². The normalized spacial score (nSPS) is 13.8. The molecule has 0 radical (unpaired) electrons. The topological polar surface area (TPSA) is 41.3 Å². The molecule has 0 saturated heterocycles. The van der Waals surface area contributed by atoms with E-state index in [9.17, 15) is 9.59 Å². The third-order valence-corrected chi connectivity index (χ3v) is 3.47. The minimum Gasteiger partial charge on any atom is -0.269 e. The third kappa shape index (κ3) is 2.09. The number of aryl methyl sites for hydroxylation is 1. The smallest absolute Gasteiger partial charge is 0.261 e. The SMILES string of the molecule is Cc1ccc[n+](CCN2C(=O)c3ccccc3C2=O)c1. The van der Waals surface area contributed by atoms with Crippen LogP contribution in [0.25, 0.3) is 0 Å². The zero-order valence-electron chi connectivity index (χ0n) is 11.2. The van der Waals surface area contributed by atoms with Crippen LogP contribution in [0, 0.1) is 6.92 Å². The molecular weight excluding hydrogens is 252 g/mol. The zero-order valence-corrected chi connectivity index (χ0v) is 11.2. The summed E-state index contributed by atoms with van der Waals surface area (Å²) in [7, 11) is 0. The molecule has 4 heteroatoms. The number of benzene rings is 1. The highest BCUT2D eigenvalue weighted by molar-refractivity contribution is 6.21. The van der Waals surface area contributed by atoms with Crippen molar-refractivity contribution in [2.24, 2.45) is 0 Å². The van der Waals surface area contributed by atoms with Crippen molar-refractivity contribution >= 4 is 11.8 Å². The van der Waals surface area contributed by atoms with Gasteiger partial charge in [0.2, 0.25) is 0 Å². The van der Waals surface area contributed by atoms with E-state index >= 15 is 0 Å². The van der Waals surface area contributed by atoms with Gasteiger partial charge in [0, 0.05) is 11.6 Å². The highest BCUT2D eigenvalue weighted by Crippen LogP contribution is 2.21. The summed E-state index contributed by atoms with van der Waals surface area (Å²) in [6, 6.07) is 10.9. The Kier molecular flexibility index (Phi) is 3.06. The van der Waals surface area contributed by atoms with Crippen molar-refractivity contribution in [3.05, 3.63) is 65.5 Å². The van der Waals surface area contributed by atoms with E-state index in [0.717, 1.165) is 5.56 Å². The molecule has 2 heterocycles. The molecule has 1 aromatic heterocycles. The van der Waals surface area contributed by atoms with Gasteiger partial charge < -0.3 is 0 Å². The molecule has 0 atom stereocenters. The summed E-state index contributed by atoms with van der Waals surface area (Å²) in [4.78, 5) is 25.7. The number of carbonyl (C=O) groups is 2. The molecule has 0 fully saturated rings. The molecule has 0 unspecified atom stereocenters. The predicted octanol–water partition coefficient (Wildman–Crippen LogP) is 1.58. The van der Waals surface area contributed by atoms with Crippen LogP contribution in [0.15, 0.2) is 48.8 Å². The minimum absolute atomic E-state index is 0.196. The van der Waals surface area contributed by atoms with E-state index in [2.05, 4.69) is 0 Å². The van der Waals surface area contributed by atoms with Gasteiger partial charge in [-0.3, -0.25) is 14.5 Å². The van der Waals surface area contributed by atoms with E-state index in [0.29, 0.717) is 24.2 Å². The predicted molar refractivity (Wildman–Crippen MR) is 73.2 cm³/mol. The van der Waals surface area contributed by atoms with Crippen LogP contribution in [0.2, 0.25) is 0 Å². The summed E-state index contributed by atoms with van der Waals surface area (Å²) in [6.45, 7) is 3.01. The Balaban J connectivity index is 1.77. The largest absolute Gasteiger partial charge is 0.269 e. The van der Waals surface area contributed by atoms with Gasteiger partial charge in [-0.05, 0) is 25.1 Å². The molecule has 1 aliphatic heterocycles. The van der Waals surface area contributed by atoms with Crippen molar-refractivity contribution < 1.29 is 14.2 Å². The molecule has 0 saturated carbocycles. The zero-order chi connectivity index (χ0) is 14.1. The first kappa shape index (κ1) is 12.5. The molecule has 100 valence electrons. The highest BCUT2D eigenvalue weighted by atomic mass is 16.2. The van der Waals surface area contributed by atoms with Crippen LogP contribution in [0.3, 0.4) is 0 Å². The van der Waals surface area contributed by atoms with Gasteiger partial charge in [0.1, 0.15) is 0 Å². The third-order valence-electron chi connectivity index (χ3n) is 3.47. The first-order valence-electron chi connectivity index (χ1n) is 6.58. The maximum atomic E-state index is 12.2. The Morgan fingerprint density at radius 3 is 2.25 bits per heavy atom. The first-order chi connectivity index (χ1) is 9.66. The molecule has 2 amide bonds. The van der Waals surface area contributed by atoms with Gasteiger partial charge in [-0.25, -0.2) is 4.57 Å². The van der Waals surface area contributed by atoms with E-state index in [1.807, 2.05) is 36.0 Å². The number of carbonyl (C=O) groups excluding carboxylic acids is 2. The monoisotopic (exact) mass is 267 g/mol. The van der Waals surface area contributed by atoms with E-state index in [-0.39, 0.29) is 11.8 Å². The summed E-state index contributed by atoms with van der Waals surface area (Å²) in [5, 5.41) is 0. The second kappa shape index (κ2) is 4.89. The van der Waals surface area contributed by atoms with Crippen LogP contribution >= 0.6 is 0 Å². The fourth-order valence-corrected chi connectivity index (χ4v) is 2.45. The average Bonchev–Trinajstić information content (AvgIpc) is 2.70. The summed E-state index contributed by atoms with van der Waals surface area (Å²) >= 11 is 0. The lowest BCUT2D eigenvalue weighted by atomic mass is 10.1. The Hall–Kier alpha value is -2.49. The first-order valence-corrected chi connectivity index (χ1v) is 6.58. The summed E-state index contributed by atoms with van der Waals surface area (Å²) in [6.07, 6.45) is 3.93. The molecule has 20 heavy (non-hydrogen) atoms. The summed E-state index contributed by atoms with van der Waals surface area (Å²) in [5.74, 6) is -0.391. The maximum absolute atomic E-state index is 12.2. The molecule has 4 nitrogen and oxygen atoms in total. The lowest BCUT2D eigenvalue weighted by Crippen LogP contribution is -2.42. The van der Waals surface area contributed by atoms with Gasteiger partial charge in [0.25, 0.3) is 11.8 Å². The summed E-state index contributed by atoms with van der Waals surface area (Å²) < 4.78 is 1.98. The Morgan fingerprint density at radius 1 is 1.00 bits per heavy atom. The number of amides is 2. The van der Waals surface area contributed by atoms with Crippen LogP contribution in [0.5, 0.6) is 0 Å². The average molecular weight is 267 g/mol. The van der Waals surface area contributed by atoms with Gasteiger partial charge in [0.15, 0.2) is 18.9 Å². The number of imide groups is 1. The van der Waals surface area contributed by atoms with Crippen LogP contribution in [0.4, 0.5) is 0 Å². The Labute approximate surface area is 117 Å². The number of hydrogen-bond donors (Lipinski definition) is 0. The fraction of sp³-hybridized carbons (Fsp3) is 0.188. The quantitative estimate of drug-likeness (QED) is 0.626. The molecule has 1 aliphatic rings. The minimum atomic E-state index is -0.196. The van der Waals surface area contributed by atoms with Gasteiger partial charge in [0.05, 0.1) is 17.7 Å². The van der Waals surface area contributed by atoms with Crippen LogP contribution in [0.1, 0.15) is 26.3 Å². The number of aromatic nitrogens is 1. The molecule has 0 N–H and O–H groups in total.